The zero-order valence-electron chi connectivity index (χ0n) is 9.37. The molecule has 0 fully saturated rings. The minimum Gasteiger partial charge on any atom is -0.493 e. The monoisotopic (exact) mass is 208 g/mol. The van der Waals surface area contributed by atoms with Gasteiger partial charge >= 0.3 is 0 Å². The van der Waals surface area contributed by atoms with Gasteiger partial charge in [0.15, 0.2) is 11.5 Å². The molecule has 1 aromatic rings. The second-order valence-corrected chi connectivity index (χ2v) is 3.67. The highest BCUT2D eigenvalue weighted by atomic mass is 16.5. The number of ether oxygens (including phenoxy) is 3. The molecule has 1 unspecified atom stereocenters. The molecule has 0 bridgehead atoms. The van der Waals surface area contributed by atoms with Crippen LogP contribution in [0, 0.1) is 0 Å². The maximum Gasteiger partial charge on any atom is 0.161 e. The molecular formula is C12H16O3. The van der Waals surface area contributed by atoms with Gasteiger partial charge in [-0.15, -0.1) is 0 Å². The first kappa shape index (κ1) is 10.3. The molecule has 0 aliphatic carbocycles. The van der Waals surface area contributed by atoms with Crippen molar-refractivity contribution in [3.63, 3.8) is 0 Å². The molecular weight excluding hydrogens is 192 g/mol. The lowest BCUT2D eigenvalue weighted by Gasteiger charge is -2.24. The van der Waals surface area contributed by atoms with Crippen LogP contribution in [0.4, 0.5) is 0 Å². The van der Waals surface area contributed by atoms with Crippen LogP contribution in [-0.2, 0) is 11.2 Å². The normalized spacial score (nSPS) is 19.5. The summed E-state index contributed by atoms with van der Waals surface area (Å²) >= 11 is 0. The van der Waals surface area contributed by atoms with Crippen LogP contribution in [0.1, 0.15) is 24.2 Å². The average molecular weight is 208 g/mol. The fraction of sp³-hybridized carbons (Fsp3) is 0.500. The molecule has 1 heterocycles. The zero-order chi connectivity index (χ0) is 10.8. The van der Waals surface area contributed by atoms with Gasteiger partial charge in [-0.05, 0) is 36.6 Å². The van der Waals surface area contributed by atoms with Gasteiger partial charge in [0.1, 0.15) is 0 Å². The van der Waals surface area contributed by atoms with E-state index in [9.17, 15) is 0 Å². The molecule has 0 radical (unpaired) electrons. The lowest BCUT2D eigenvalue weighted by atomic mass is 9.97. The van der Waals surface area contributed by atoms with Crippen LogP contribution in [0.3, 0.4) is 0 Å². The average Bonchev–Trinajstić information content (AvgIpc) is 2.28. The quantitative estimate of drug-likeness (QED) is 0.746. The Labute approximate surface area is 90.0 Å². The SMILES string of the molecule is COc1cc2c(cc1OC)C(C)OCC2. The fourth-order valence-corrected chi connectivity index (χ4v) is 1.97. The molecule has 1 atom stereocenters. The van der Waals surface area contributed by atoms with Gasteiger partial charge in [0.25, 0.3) is 0 Å². The lowest BCUT2D eigenvalue weighted by Crippen LogP contribution is -2.14. The molecule has 0 saturated carbocycles. The zero-order valence-corrected chi connectivity index (χ0v) is 9.37. The number of rotatable bonds is 2. The van der Waals surface area contributed by atoms with Crippen LogP contribution in [0.25, 0.3) is 0 Å². The van der Waals surface area contributed by atoms with Gasteiger partial charge in [0.2, 0.25) is 0 Å². The van der Waals surface area contributed by atoms with Crippen molar-refractivity contribution in [3.05, 3.63) is 23.3 Å². The molecule has 0 aromatic heterocycles. The molecule has 1 aromatic carbocycles. The number of methoxy groups -OCH3 is 2. The number of hydrogen-bond donors (Lipinski definition) is 0. The Bertz CT molecular complexity index is 360. The van der Waals surface area contributed by atoms with Crippen LogP contribution < -0.4 is 9.47 Å². The summed E-state index contributed by atoms with van der Waals surface area (Å²) < 4.78 is 16.1. The van der Waals surface area contributed by atoms with E-state index in [1.54, 1.807) is 14.2 Å². The summed E-state index contributed by atoms with van der Waals surface area (Å²) in [7, 11) is 3.31. The minimum atomic E-state index is 0.147. The van der Waals surface area contributed by atoms with Crippen LogP contribution in [0.5, 0.6) is 11.5 Å². The second-order valence-electron chi connectivity index (χ2n) is 3.67. The van der Waals surface area contributed by atoms with Gasteiger partial charge in [-0.3, -0.25) is 0 Å². The molecule has 15 heavy (non-hydrogen) atoms. The summed E-state index contributed by atoms with van der Waals surface area (Å²) in [4.78, 5) is 0. The van der Waals surface area contributed by atoms with Crippen LogP contribution >= 0.6 is 0 Å². The summed E-state index contributed by atoms with van der Waals surface area (Å²) in [6.07, 6.45) is 1.09. The molecule has 0 N–H and O–H groups in total. The molecule has 1 aliphatic rings. The van der Waals surface area contributed by atoms with E-state index < -0.39 is 0 Å². The van der Waals surface area contributed by atoms with E-state index in [0.717, 1.165) is 24.5 Å². The number of hydrogen-bond acceptors (Lipinski definition) is 3. The summed E-state index contributed by atoms with van der Waals surface area (Å²) in [6.45, 7) is 2.84. The minimum absolute atomic E-state index is 0.147. The third-order valence-electron chi connectivity index (χ3n) is 2.82. The predicted molar refractivity (Wildman–Crippen MR) is 57.6 cm³/mol. The van der Waals surface area contributed by atoms with E-state index in [2.05, 4.69) is 6.92 Å². The van der Waals surface area contributed by atoms with Gasteiger partial charge in [-0.2, -0.15) is 0 Å². The topological polar surface area (TPSA) is 27.7 Å². The molecule has 3 heteroatoms. The van der Waals surface area contributed by atoms with E-state index in [-0.39, 0.29) is 6.10 Å². The second kappa shape index (κ2) is 4.11. The van der Waals surface area contributed by atoms with E-state index >= 15 is 0 Å². The van der Waals surface area contributed by atoms with Crippen molar-refractivity contribution in [1.29, 1.82) is 0 Å². The van der Waals surface area contributed by atoms with E-state index in [1.165, 1.54) is 11.1 Å². The molecule has 82 valence electrons. The Hall–Kier alpha value is -1.22. The molecule has 1 aliphatic heterocycles. The third-order valence-corrected chi connectivity index (χ3v) is 2.82. The maximum atomic E-state index is 5.58. The summed E-state index contributed by atoms with van der Waals surface area (Å²) in [5.74, 6) is 1.57. The smallest absolute Gasteiger partial charge is 0.161 e. The first-order valence-electron chi connectivity index (χ1n) is 5.12. The van der Waals surface area contributed by atoms with Crippen molar-refractivity contribution >= 4 is 0 Å². The first-order valence-corrected chi connectivity index (χ1v) is 5.12. The van der Waals surface area contributed by atoms with Crippen LogP contribution in [0.2, 0.25) is 0 Å². The first-order chi connectivity index (χ1) is 7.26. The van der Waals surface area contributed by atoms with Crippen molar-refractivity contribution in [2.24, 2.45) is 0 Å². The molecule has 0 spiro atoms. The van der Waals surface area contributed by atoms with Gasteiger partial charge < -0.3 is 14.2 Å². The van der Waals surface area contributed by atoms with Crippen LogP contribution in [0.15, 0.2) is 12.1 Å². The Morgan fingerprint density at radius 2 is 1.87 bits per heavy atom. The fourth-order valence-electron chi connectivity index (χ4n) is 1.97. The van der Waals surface area contributed by atoms with Crippen molar-refractivity contribution in [2.75, 3.05) is 20.8 Å². The van der Waals surface area contributed by atoms with Crippen molar-refractivity contribution in [1.82, 2.24) is 0 Å². The molecule has 2 rings (SSSR count). The molecule has 0 amide bonds. The van der Waals surface area contributed by atoms with Gasteiger partial charge in [0, 0.05) is 0 Å². The number of benzene rings is 1. The van der Waals surface area contributed by atoms with E-state index in [4.69, 9.17) is 14.2 Å². The van der Waals surface area contributed by atoms with E-state index in [1.807, 2.05) is 12.1 Å². The third kappa shape index (κ3) is 1.79. The van der Waals surface area contributed by atoms with Crippen molar-refractivity contribution in [3.8, 4) is 11.5 Å². The van der Waals surface area contributed by atoms with E-state index in [0.29, 0.717) is 0 Å². The Morgan fingerprint density at radius 3 is 2.53 bits per heavy atom. The molecule has 0 saturated heterocycles. The van der Waals surface area contributed by atoms with Gasteiger partial charge in [-0.25, -0.2) is 0 Å². The largest absolute Gasteiger partial charge is 0.493 e. The van der Waals surface area contributed by atoms with Gasteiger partial charge in [0.05, 0.1) is 26.9 Å². The Morgan fingerprint density at radius 1 is 1.20 bits per heavy atom. The Kier molecular flexibility index (Phi) is 2.82. The highest BCUT2D eigenvalue weighted by molar-refractivity contribution is 5.48. The highest BCUT2D eigenvalue weighted by Gasteiger charge is 2.19. The maximum absolute atomic E-state index is 5.58. The van der Waals surface area contributed by atoms with Crippen molar-refractivity contribution < 1.29 is 14.2 Å². The van der Waals surface area contributed by atoms with Crippen LogP contribution in [-0.4, -0.2) is 20.8 Å². The molecule has 3 nitrogen and oxygen atoms in total. The lowest BCUT2D eigenvalue weighted by molar-refractivity contribution is 0.0552. The number of fused-ring (bicyclic) bond motifs is 1. The summed E-state index contributed by atoms with van der Waals surface area (Å²) in [5, 5.41) is 0. The standard InChI is InChI=1S/C12H16O3/c1-8-10-7-12(14-3)11(13-2)6-9(10)4-5-15-8/h6-8H,4-5H2,1-3H3. The highest BCUT2D eigenvalue weighted by Crippen LogP contribution is 2.36. The Balaban J connectivity index is 2.48. The predicted octanol–water partition coefficient (Wildman–Crippen LogP) is 2.34. The van der Waals surface area contributed by atoms with Crippen molar-refractivity contribution in [2.45, 2.75) is 19.4 Å². The summed E-state index contributed by atoms with van der Waals surface area (Å²) in [5.41, 5.74) is 2.50. The van der Waals surface area contributed by atoms with Gasteiger partial charge in [-0.1, -0.05) is 0 Å². The summed E-state index contributed by atoms with van der Waals surface area (Å²) in [6, 6.07) is 4.06.